The standard InChI is InChI=1S/C12H13BrF3N2O3P/c1-6-10(13)9(12(14,15)16)8-4-7(18-11(8)17-6)5-22(19,20-2)21-3/h4H,5H2,1-3H3,(H,17,18). The van der Waals surface area contributed by atoms with E-state index in [4.69, 9.17) is 9.05 Å². The SMILES string of the molecule is COP(=O)(Cc1cc2c(C(F)(F)F)c(Br)c(C)nc2[nH]1)OC. The molecule has 0 radical (unpaired) electrons. The minimum absolute atomic E-state index is 0.0711. The largest absolute Gasteiger partial charge is 0.418 e. The predicted octanol–water partition coefficient (Wildman–Crippen LogP) is 4.64. The van der Waals surface area contributed by atoms with E-state index < -0.39 is 19.3 Å². The second-order valence-electron chi connectivity index (χ2n) is 4.57. The quantitative estimate of drug-likeness (QED) is 0.759. The minimum Gasteiger partial charge on any atom is -0.343 e. The molecule has 0 saturated heterocycles. The van der Waals surface area contributed by atoms with Gasteiger partial charge in [-0.15, -0.1) is 0 Å². The molecule has 2 aromatic rings. The first-order chi connectivity index (χ1) is 10.1. The lowest BCUT2D eigenvalue weighted by Crippen LogP contribution is -2.08. The van der Waals surface area contributed by atoms with Gasteiger partial charge in [0.05, 0.1) is 21.9 Å². The Labute approximate surface area is 132 Å². The summed E-state index contributed by atoms with van der Waals surface area (Å²) < 4.78 is 61.4. The molecule has 0 aliphatic carbocycles. The number of hydrogen-bond donors (Lipinski definition) is 1. The van der Waals surface area contributed by atoms with Gasteiger partial charge in [0.1, 0.15) is 5.65 Å². The van der Waals surface area contributed by atoms with Crippen LogP contribution >= 0.6 is 23.5 Å². The highest BCUT2D eigenvalue weighted by atomic mass is 79.9. The van der Waals surface area contributed by atoms with E-state index in [9.17, 15) is 17.7 Å². The Hall–Kier alpha value is -0.890. The second kappa shape index (κ2) is 5.96. The van der Waals surface area contributed by atoms with Crippen molar-refractivity contribution in [2.24, 2.45) is 0 Å². The van der Waals surface area contributed by atoms with Crippen molar-refractivity contribution in [2.45, 2.75) is 19.3 Å². The molecule has 2 heterocycles. The van der Waals surface area contributed by atoms with Crippen molar-refractivity contribution in [3.8, 4) is 0 Å². The van der Waals surface area contributed by atoms with Crippen molar-refractivity contribution < 1.29 is 26.8 Å². The number of H-pyrrole nitrogens is 1. The van der Waals surface area contributed by atoms with Crippen molar-refractivity contribution in [3.63, 3.8) is 0 Å². The van der Waals surface area contributed by atoms with Gasteiger partial charge in [-0.1, -0.05) is 0 Å². The van der Waals surface area contributed by atoms with Crippen LogP contribution in [0.1, 0.15) is 17.0 Å². The monoisotopic (exact) mass is 400 g/mol. The number of aromatic nitrogens is 2. The van der Waals surface area contributed by atoms with E-state index in [1.165, 1.54) is 27.2 Å². The molecule has 122 valence electrons. The average molecular weight is 401 g/mol. The van der Waals surface area contributed by atoms with Gasteiger partial charge in [0, 0.05) is 25.3 Å². The van der Waals surface area contributed by atoms with Gasteiger partial charge < -0.3 is 14.0 Å². The van der Waals surface area contributed by atoms with Crippen molar-refractivity contribution in [3.05, 3.63) is 27.5 Å². The van der Waals surface area contributed by atoms with Crippen LogP contribution in [-0.2, 0) is 26.0 Å². The fourth-order valence-corrected chi connectivity index (χ4v) is 3.59. The maximum absolute atomic E-state index is 13.3. The summed E-state index contributed by atoms with van der Waals surface area (Å²) in [6, 6.07) is 1.26. The van der Waals surface area contributed by atoms with E-state index >= 15 is 0 Å². The average Bonchev–Trinajstić information content (AvgIpc) is 2.79. The van der Waals surface area contributed by atoms with E-state index in [0.717, 1.165) is 0 Å². The molecule has 0 saturated carbocycles. The number of aromatic amines is 1. The van der Waals surface area contributed by atoms with Crippen LogP contribution in [0.25, 0.3) is 11.0 Å². The number of nitrogens with zero attached hydrogens (tertiary/aromatic N) is 1. The summed E-state index contributed by atoms with van der Waals surface area (Å²) in [6.45, 7) is 1.47. The highest BCUT2D eigenvalue weighted by Crippen LogP contribution is 2.50. The van der Waals surface area contributed by atoms with E-state index in [-0.39, 0.29) is 33.1 Å². The Morgan fingerprint density at radius 3 is 2.45 bits per heavy atom. The molecule has 0 bridgehead atoms. The van der Waals surface area contributed by atoms with Crippen LogP contribution in [0.4, 0.5) is 13.2 Å². The molecule has 0 aliphatic rings. The number of hydrogen-bond acceptors (Lipinski definition) is 4. The summed E-state index contributed by atoms with van der Waals surface area (Å²) in [7, 11) is -0.959. The zero-order valence-corrected chi connectivity index (χ0v) is 14.4. The van der Waals surface area contributed by atoms with Crippen molar-refractivity contribution in [2.75, 3.05) is 14.2 Å². The first-order valence-corrected chi connectivity index (χ1v) is 8.59. The van der Waals surface area contributed by atoms with Crippen molar-refractivity contribution >= 4 is 34.6 Å². The van der Waals surface area contributed by atoms with E-state index in [1.807, 2.05) is 0 Å². The van der Waals surface area contributed by atoms with Gasteiger partial charge in [-0.3, -0.25) is 4.57 Å². The topological polar surface area (TPSA) is 64.2 Å². The summed E-state index contributed by atoms with van der Waals surface area (Å²) in [4.78, 5) is 6.81. The van der Waals surface area contributed by atoms with Gasteiger partial charge in [0.2, 0.25) is 0 Å². The van der Waals surface area contributed by atoms with E-state index in [0.29, 0.717) is 0 Å². The van der Waals surface area contributed by atoms with E-state index in [2.05, 4.69) is 25.9 Å². The highest BCUT2D eigenvalue weighted by Gasteiger charge is 2.37. The lowest BCUT2D eigenvalue weighted by molar-refractivity contribution is -0.136. The molecular formula is C12H13BrF3N2O3P. The molecule has 5 nitrogen and oxygen atoms in total. The third kappa shape index (κ3) is 3.22. The first-order valence-electron chi connectivity index (χ1n) is 6.06. The molecule has 2 aromatic heterocycles. The molecule has 1 N–H and O–H groups in total. The number of fused-ring (bicyclic) bond motifs is 1. The Balaban J connectivity index is 2.62. The van der Waals surface area contributed by atoms with Crippen LogP contribution in [0.5, 0.6) is 0 Å². The zero-order valence-electron chi connectivity index (χ0n) is 11.9. The number of aryl methyl sites for hydroxylation is 1. The maximum atomic E-state index is 13.3. The number of halogens is 4. The third-order valence-corrected chi connectivity index (χ3v) is 5.95. The van der Waals surface area contributed by atoms with Crippen LogP contribution in [0.3, 0.4) is 0 Å². The van der Waals surface area contributed by atoms with E-state index in [1.54, 1.807) is 0 Å². The molecular weight excluding hydrogens is 388 g/mol. The van der Waals surface area contributed by atoms with Crippen molar-refractivity contribution in [1.29, 1.82) is 0 Å². The smallest absolute Gasteiger partial charge is 0.343 e. The summed E-state index contributed by atoms with van der Waals surface area (Å²) >= 11 is 2.93. The molecule has 0 aromatic carbocycles. The Morgan fingerprint density at radius 2 is 1.95 bits per heavy atom. The number of pyridine rings is 1. The lowest BCUT2D eigenvalue weighted by Gasteiger charge is -2.12. The Morgan fingerprint density at radius 1 is 1.36 bits per heavy atom. The molecule has 22 heavy (non-hydrogen) atoms. The van der Waals surface area contributed by atoms with Crippen LogP contribution in [0.15, 0.2) is 10.5 Å². The van der Waals surface area contributed by atoms with Gasteiger partial charge in [-0.25, -0.2) is 4.98 Å². The number of rotatable bonds is 4. The fraction of sp³-hybridized carbons (Fsp3) is 0.417. The summed E-state index contributed by atoms with van der Waals surface area (Å²) in [5, 5.41) is -0.0984. The maximum Gasteiger partial charge on any atom is 0.418 e. The molecule has 0 atom stereocenters. The normalized spacial score (nSPS) is 13.0. The van der Waals surface area contributed by atoms with Crippen LogP contribution in [0.2, 0.25) is 0 Å². The van der Waals surface area contributed by atoms with Crippen molar-refractivity contribution in [1.82, 2.24) is 9.97 Å². The predicted molar refractivity (Wildman–Crippen MR) is 78.9 cm³/mol. The van der Waals surface area contributed by atoms with Gasteiger partial charge in [-0.2, -0.15) is 13.2 Å². The number of nitrogens with one attached hydrogen (secondary N) is 1. The van der Waals surface area contributed by atoms with Crippen LogP contribution in [-0.4, -0.2) is 24.2 Å². The fourth-order valence-electron chi connectivity index (χ4n) is 2.07. The minimum atomic E-state index is -4.55. The molecule has 0 spiro atoms. The first kappa shape index (κ1) is 17.5. The van der Waals surface area contributed by atoms with Gasteiger partial charge in [0.25, 0.3) is 0 Å². The molecule has 0 aliphatic heterocycles. The van der Waals surface area contributed by atoms with Gasteiger partial charge >= 0.3 is 13.8 Å². The third-order valence-electron chi connectivity index (χ3n) is 3.14. The molecule has 0 fully saturated rings. The van der Waals surface area contributed by atoms with Gasteiger partial charge in [-0.05, 0) is 28.9 Å². The van der Waals surface area contributed by atoms with Gasteiger partial charge in [0.15, 0.2) is 0 Å². The highest BCUT2D eigenvalue weighted by molar-refractivity contribution is 9.10. The molecule has 0 unspecified atom stereocenters. The zero-order chi connectivity index (χ0) is 16.7. The second-order valence-corrected chi connectivity index (χ2v) is 7.64. The number of alkyl halides is 3. The lowest BCUT2D eigenvalue weighted by atomic mass is 10.1. The molecule has 2 rings (SSSR count). The Kier molecular flexibility index (Phi) is 4.73. The van der Waals surface area contributed by atoms with Crippen LogP contribution in [0, 0.1) is 6.92 Å². The summed E-state index contributed by atoms with van der Waals surface area (Å²) in [6.07, 6.45) is -4.72. The molecule has 0 amide bonds. The summed E-state index contributed by atoms with van der Waals surface area (Å²) in [5.74, 6) is 0. The summed E-state index contributed by atoms with van der Waals surface area (Å²) in [5.41, 5.74) is -0.253. The Bertz CT molecular complexity index is 752. The van der Waals surface area contributed by atoms with Crippen LogP contribution < -0.4 is 0 Å². The molecule has 10 heteroatoms.